The number of carbonyl (C=O) groups excluding carboxylic acids is 2. The average Bonchev–Trinajstić information content (AvgIpc) is 2.63. The van der Waals surface area contributed by atoms with Gasteiger partial charge in [0.15, 0.2) is 18.1 Å². The van der Waals surface area contributed by atoms with Crippen LogP contribution in [0.4, 0.5) is 10.1 Å². The standard InChI is InChI=1S/C18H17ClFNO5/c1-3-25-15-7-4-11(8-16(15)24-2)18(23)26-10-17(22)21-14-9-12(19)5-6-13(14)20/h4-9H,3,10H2,1-2H3,(H,21,22). The van der Waals surface area contributed by atoms with E-state index in [0.717, 1.165) is 6.07 Å². The van der Waals surface area contributed by atoms with Crippen molar-refractivity contribution in [2.75, 3.05) is 25.6 Å². The zero-order valence-corrected chi connectivity index (χ0v) is 14.9. The van der Waals surface area contributed by atoms with Crippen molar-refractivity contribution in [3.05, 3.63) is 52.8 Å². The molecule has 2 aromatic rings. The molecule has 8 heteroatoms. The summed E-state index contributed by atoms with van der Waals surface area (Å²) in [5.74, 6) is -1.22. The molecule has 2 rings (SSSR count). The lowest BCUT2D eigenvalue weighted by molar-refractivity contribution is -0.119. The Labute approximate surface area is 154 Å². The van der Waals surface area contributed by atoms with Gasteiger partial charge < -0.3 is 19.5 Å². The first-order chi connectivity index (χ1) is 12.4. The second kappa shape index (κ2) is 9.05. The Bertz CT molecular complexity index is 812. The molecule has 0 aliphatic rings. The predicted molar refractivity (Wildman–Crippen MR) is 94.5 cm³/mol. The van der Waals surface area contributed by atoms with E-state index in [-0.39, 0.29) is 16.3 Å². The number of hydrogen-bond donors (Lipinski definition) is 1. The third-order valence-corrected chi connectivity index (χ3v) is 3.47. The molecule has 0 saturated heterocycles. The van der Waals surface area contributed by atoms with Gasteiger partial charge in [-0.05, 0) is 43.3 Å². The van der Waals surface area contributed by atoms with E-state index in [1.807, 2.05) is 6.92 Å². The Kier molecular flexibility index (Phi) is 6.80. The molecule has 1 amide bonds. The fraction of sp³-hybridized carbons (Fsp3) is 0.222. The van der Waals surface area contributed by atoms with Crippen molar-refractivity contribution >= 4 is 29.2 Å². The molecule has 0 spiro atoms. The molecule has 0 radical (unpaired) electrons. The van der Waals surface area contributed by atoms with Gasteiger partial charge in [0.25, 0.3) is 5.91 Å². The highest BCUT2D eigenvalue weighted by Crippen LogP contribution is 2.28. The largest absolute Gasteiger partial charge is 0.493 e. The van der Waals surface area contributed by atoms with Crippen LogP contribution in [0.5, 0.6) is 11.5 Å². The van der Waals surface area contributed by atoms with Gasteiger partial charge in [0.1, 0.15) is 5.82 Å². The Morgan fingerprint density at radius 1 is 1.15 bits per heavy atom. The van der Waals surface area contributed by atoms with Gasteiger partial charge in [0.05, 0.1) is 25.0 Å². The van der Waals surface area contributed by atoms with Crippen LogP contribution >= 0.6 is 11.6 Å². The van der Waals surface area contributed by atoms with Gasteiger partial charge in [-0.2, -0.15) is 0 Å². The van der Waals surface area contributed by atoms with Crippen molar-refractivity contribution in [3.8, 4) is 11.5 Å². The van der Waals surface area contributed by atoms with E-state index in [1.54, 1.807) is 6.07 Å². The van der Waals surface area contributed by atoms with Crippen LogP contribution in [0.25, 0.3) is 0 Å². The van der Waals surface area contributed by atoms with Crippen molar-refractivity contribution < 1.29 is 28.2 Å². The SMILES string of the molecule is CCOc1ccc(C(=O)OCC(=O)Nc2cc(Cl)ccc2F)cc1OC. The summed E-state index contributed by atoms with van der Waals surface area (Å²) in [5, 5.41) is 2.55. The fourth-order valence-corrected chi connectivity index (χ4v) is 2.24. The van der Waals surface area contributed by atoms with Crippen LogP contribution in [0, 0.1) is 5.82 Å². The zero-order valence-electron chi connectivity index (χ0n) is 14.2. The highest BCUT2D eigenvalue weighted by atomic mass is 35.5. The monoisotopic (exact) mass is 381 g/mol. The maximum atomic E-state index is 13.6. The first-order valence-corrected chi connectivity index (χ1v) is 8.05. The summed E-state index contributed by atoms with van der Waals surface area (Å²) in [6.07, 6.45) is 0. The Morgan fingerprint density at radius 3 is 2.62 bits per heavy atom. The van der Waals surface area contributed by atoms with E-state index < -0.39 is 24.3 Å². The summed E-state index contributed by atoms with van der Waals surface area (Å²) in [4.78, 5) is 23.9. The molecule has 0 saturated carbocycles. The minimum absolute atomic E-state index is 0.0960. The maximum Gasteiger partial charge on any atom is 0.338 e. The number of halogens is 2. The highest BCUT2D eigenvalue weighted by Gasteiger charge is 2.15. The zero-order chi connectivity index (χ0) is 19.1. The second-order valence-corrected chi connectivity index (χ2v) is 5.48. The summed E-state index contributed by atoms with van der Waals surface area (Å²) < 4.78 is 29.0. The highest BCUT2D eigenvalue weighted by molar-refractivity contribution is 6.30. The molecule has 26 heavy (non-hydrogen) atoms. The first kappa shape index (κ1) is 19.5. The lowest BCUT2D eigenvalue weighted by atomic mass is 10.2. The van der Waals surface area contributed by atoms with Crippen LogP contribution in [0.2, 0.25) is 5.02 Å². The molecular weight excluding hydrogens is 365 g/mol. The van der Waals surface area contributed by atoms with Gasteiger partial charge in [-0.15, -0.1) is 0 Å². The Hall–Kier alpha value is -2.80. The molecule has 0 bridgehead atoms. The molecule has 0 unspecified atom stereocenters. The number of benzene rings is 2. The van der Waals surface area contributed by atoms with Crippen LogP contribution in [-0.4, -0.2) is 32.2 Å². The number of rotatable bonds is 7. The normalized spacial score (nSPS) is 10.2. The van der Waals surface area contributed by atoms with Crippen LogP contribution in [0.3, 0.4) is 0 Å². The third kappa shape index (κ3) is 5.10. The minimum Gasteiger partial charge on any atom is -0.493 e. The molecule has 0 atom stereocenters. The van der Waals surface area contributed by atoms with E-state index in [0.29, 0.717) is 18.1 Å². The van der Waals surface area contributed by atoms with Crippen LogP contribution in [0.1, 0.15) is 17.3 Å². The lowest BCUT2D eigenvalue weighted by Gasteiger charge is -2.11. The molecule has 0 fully saturated rings. The van der Waals surface area contributed by atoms with E-state index in [9.17, 15) is 14.0 Å². The topological polar surface area (TPSA) is 73.9 Å². The van der Waals surface area contributed by atoms with Gasteiger partial charge in [-0.1, -0.05) is 11.6 Å². The molecule has 0 aliphatic carbocycles. The molecule has 0 heterocycles. The number of anilines is 1. The molecule has 1 N–H and O–H groups in total. The number of ether oxygens (including phenoxy) is 3. The number of esters is 1. The first-order valence-electron chi connectivity index (χ1n) is 7.67. The van der Waals surface area contributed by atoms with Gasteiger partial charge in [-0.3, -0.25) is 4.79 Å². The number of hydrogen-bond acceptors (Lipinski definition) is 5. The average molecular weight is 382 g/mol. The van der Waals surface area contributed by atoms with Crippen molar-refractivity contribution in [3.63, 3.8) is 0 Å². The van der Waals surface area contributed by atoms with E-state index in [1.165, 1.54) is 31.4 Å². The summed E-state index contributed by atoms with van der Waals surface area (Å²) in [6.45, 7) is 1.68. The Balaban J connectivity index is 1.97. The summed E-state index contributed by atoms with van der Waals surface area (Å²) in [6, 6.07) is 8.24. The van der Waals surface area contributed by atoms with Crippen LogP contribution in [-0.2, 0) is 9.53 Å². The molecule has 6 nitrogen and oxygen atoms in total. The van der Waals surface area contributed by atoms with Crippen LogP contribution < -0.4 is 14.8 Å². The second-order valence-electron chi connectivity index (χ2n) is 5.05. The smallest absolute Gasteiger partial charge is 0.338 e. The van der Waals surface area contributed by atoms with Crippen LogP contribution in [0.15, 0.2) is 36.4 Å². The lowest BCUT2D eigenvalue weighted by Crippen LogP contribution is -2.21. The predicted octanol–water partition coefficient (Wildman–Crippen LogP) is 3.68. The third-order valence-electron chi connectivity index (χ3n) is 3.24. The van der Waals surface area contributed by atoms with Gasteiger partial charge in [0.2, 0.25) is 0 Å². The number of amides is 1. The van der Waals surface area contributed by atoms with E-state index >= 15 is 0 Å². The van der Waals surface area contributed by atoms with Crippen molar-refractivity contribution in [1.29, 1.82) is 0 Å². The van der Waals surface area contributed by atoms with Gasteiger partial charge in [-0.25, -0.2) is 9.18 Å². The maximum absolute atomic E-state index is 13.6. The quantitative estimate of drug-likeness (QED) is 0.740. The molecule has 0 aliphatic heterocycles. The number of methoxy groups -OCH3 is 1. The molecule has 138 valence electrons. The summed E-state index contributed by atoms with van der Waals surface area (Å²) in [7, 11) is 1.44. The molecule has 2 aromatic carbocycles. The fourth-order valence-electron chi connectivity index (χ4n) is 2.06. The molecular formula is C18H17ClFNO5. The minimum atomic E-state index is -0.729. The Morgan fingerprint density at radius 2 is 1.92 bits per heavy atom. The summed E-state index contributed by atoms with van der Waals surface area (Å²) >= 11 is 5.75. The van der Waals surface area contributed by atoms with Crippen molar-refractivity contribution in [2.24, 2.45) is 0 Å². The summed E-state index contributed by atoms with van der Waals surface area (Å²) in [5.41, 5.74) is 0.0910. The van der Waals surface area contributed by atoms with Gasteiger partial charge in [0, 0.05) is 5.02 Å². The van der Waals surface area contributed by atoms with Gasteiger partial charge >= 0.3 is 5.97 Å². The molecule has 0 aromatic heterocycles. The van der Waals surface area contributed by atoms with Crippen molar-refractivity contribution in [1.82, 2.24) is 0 Å². The number of carbonyl (C=O) groups is 2. The van der Waals surface area contributed by atoms with E-state index in [2.05, 4.69) is 5.32 Å². The van der Waals surface area contributed by atoms with E-state index in [4.69, 9.17) is 25.8 Å². The van der Waals surface area contributed by atoms with Crippen molar-refractivity contribution in [2.45, 2.75) is 6.92 Å². The number of nitrogens with one attached hydrogen (secondary N) is 1.